The second-order valence-electron chi connectivity index (χ2n) is 27.8. The number of likely N-dealkylation sites (N-methyl/N-ethyl adjacent to an activating group) is 1. The van der Waals surface area contributed by atoms with E-state index in [-0.39, 0.29) is 37.3 Å². The number of aliphatic hydroxyl groups is 1. The first-order valence-electron chi connectivity index (χ1n) is 37.0. The molecule has 41 heteroatoms. The van der Waals surface area contributed by atoms with Gasteiger partial charge in [0.05, 0.1) is 25.5 Å². The molecule has 626 valence electrons. The number of carboxylic acid groups (broad SMARTS) is 3. The van der Waals surface area contributed by atoms with E-state index in [1.807, 2.05) is 0 Å². The van der Waals surface area contributed by atoms with Crippen molar-refractivity contribution in [3.05, 3.63) is 132 Å². The van der Waals surface area contributed by atoms with Crippen LogP contribution in [-0.4, -0.2) is 256 Å². The summed E-state index contributed by atoms with van der Waals surface area (Å²) in [5.41, 5.74) is 2.48. The number of aliphatic hydroxyl groups excluding tert-OH is 1. The zero-order valence-electron chi connectivity index (χ0n) is 63.7. The Kier molecular flexibility index (Phi) is 32.6. The van der Waals surface area contributed by atoms with Crippen LogP contribution in [-0.2, 0) is 107 Å². The summed E-state index contributed by atoms with van der Waals surface area (Å²) in [7, 11) is 2.78. The monoisotopic (exact) mass is 1660 g/mol. The summed E-state index contributed by atoms with van der Waals surface area (Å²) in [6.07, 6.45) is -4.41. The summed E-state index contributed by atoms with van der Waals surface area (Å²) in [4.78, 5) is 245. The van der Waals surface area contributed by atoms with E-state index in [0.29, 0.717) is 44.1 Å². The molecule has 0 aliphatic carbocycles. The van der Waals surface area contributed by atoms with Crippen molar-refractivity contribution >= 4 is 144 Å². The van der Waals surface area contributed by atoms with Crippen molar-refractivity contribution < 1.29 is 112 Å². The minimum atomic E-state index is -2.30. The van der Waals surface area contributed by atoms with E-state index in [4.69, 9.17) is 0 Å². The van der Waals surface area contributed by atoms with Crippen molar-refractivity contribution in [2.45, 2.75) is 164 Å². The van der Waals surface area contributed by atoms with Gasteiger partial charge in [0.15, 0.2) is 0 Å². The lowest BCUT2D eigenvalue weighted by Gasteiger charge is -2.29. The average Bonchev–Trinajstić information content (AvgIpc) is 1.72. The van der Waals surface area contributed by atoms with Crippen molar-refractivity contribution in [3.8, 4) is 11.5 Å². The molecule has 0 bridgehead atoms. The molecule has 2 aromatic heterocycles. The van der Waals surface area contributed by atoms with E-state index in [1.54, 1.807) is 48.5 Å². The molecule has 117 heavy (non-hydrogen) atoms. The van der Waals surface area contributed by atoms with E-state index in [0.717, 1.165) is 33.4 Å². The fourth-order valence-electron chi connectivity index (χ4n) is 12.9. The number of amides is 14. The van der Waals surface area contributed by atoms with Crippen molar-refractivity contribution in [3.63, 3.8) is 0 Å². The number of aromatic hydroxyl groups is 2. The Morgan fingerprint density at radius 2 is 1.01 bits per heavy atom. The van der Waals surface area contributed by atoms with Crippen molar-refractivity contribution in [1.29, 1.82) is 0 Å². The predicted molar refractivity (Wildman–Crippen MR) is 420 cm³/mol. The summed E-state index contributed by atoms with van der Waals surface area (Å²) in [5.74, 6) is -21.5. The molecule has 2 aliphatic rings. The number of hydrogen-bond donors (Lipinski definition) is 21. The number of aromatic nitrogens is 2. The Hall–Kier alpha value is -12.8. The van der Waals surface area contributed by atoms with Gasteiger partial charge in [0, 0.05) is 98.3 Å². The first-order valence-corrected chi connectivity index (χ1v) is 39.5. The number of carbonyl (C=O) groups is 17. The standard InChI is InChI=1S/C76H92N16O23S2/c1-37(81-39(3)94)65(104)80-34-60(97)92-25-9-14-59(92)75(114)91-64(38(2)93)76(115)88-54(29-43-33-79-49-13-8-6-11-47(43)49)71(110)90-58-36-117-116-35-57(66(105)77-4)89-69(108)52(27-41-17-21-45(96)22-18-41)83-68(107)51(26-40-15-19-44(95)20-16-40)84-70(109)53(28-42-32-78-48-12-7-5-10-46(42)48)85-72(111)56(31-63(102)103)87-73(112)55(30-62(100)101)86-67(106)50(82-74(58)113)23-24-61(98)99/h5-8,10-13,15-22,32-33,37-38,50-59,64,78-79,93,95-96H,9,14,23-31,34-36H2,1-4H3,(H,77,105)(H,80,104)(H,81,94)(H,82,113)(H,83,107)(H,84,109)(H,85,111)(H,86,106)(H,87,112)(H,88,115)(H,89,108)(H,90,110)(H,91,114)(H,98,99)(H,100,101)(H,102,103)/t37-,38?,50-,51-,52-,53-,54-,55-,56-,57-,58-,59-,64-/m0/s1. The van der Waals surface area contributed by atoms with E-state index in [1.165, 1.54) is 81.8 Å². The van der Waals surface area contributed by atoms with Crippen LogP contribution in [0.25, 0.3) is 21.8 Å². The Labute approximate surface area is 675 Å². The molecular weight excluding hydrogens is 1570 g/mol. The van der Waals surface area contributed by atoms with Gasteiger partial charge in [-0.2, -0.15) is 0 Å². The number of carboxylic acids is 3. The lowest BCUT2D eigenvalue weighted by molar-refractivity contribution is -0.144. The third-order valence-electron chi connectivity index (χ3n) is 19.0. The van der Waals surface area contributed by atoms with E-state index >= 15 is 19.2 Å². The molecule has 39 nitrogen and oxygen atoms in total. The molecule has 13 atom stereocenters. The number of likely N-dealkylation sites (tertiary alicyclic amines) is 1. The predicted octanol–water partition coefficient (Wildman–Crippen LogP) is -2.85. The van der Waals surface area contributed by atoms with Crippen LogP contribution in [0, 0.1) is 0 Å². The number of fused-ring (bicyclic) bond motifs is 2. The van der Waals surface area contributed by atoms with Gasteiger partial charge < -0.3 is 115 Å². The van der Waals surface area contributed by atoms with Gasteiger partial charge in [-0.05, 0) is 91.8 Å². The number of rotatable bonds is 27. The minimum Gasteiger partial charge on any atom is -0.508 e. The number of phenolic OH excluding ortho intramolecular Hbond substituents is 2. The van der Waals surface area contributed by atoms with Crippen molar-refractivity contribution in [1.82, 2.24) is 84.0 Å². The summed E-state index contributed by atoms with van der Waals surface area (Å²) in [6, 6.07) is 3.00. The van der Waals surface area contributed by atoms with E-state index in [9.17, 15) is 93.0 Å². The maximum Gasteiger partial charge on any atom is 0.305 e. The molecule has 2 fully saturated rings. The second kappa shape index (κ2) is 42.5. The summed E-state index contributed by atoms with van der Waals surface area (Å²) in [5, 5.41) is 94.9. The minimum absolute atomic E-state index is 0.0311. The first-order chi connectivity index (χ1) is 55.6. The highest BCUT2D eigenvalue weighted by molar-refractivity contribution is 8.76. The van der Waals surface area contributed by atoms with Crippen molar-refractivity contribution in [2.75, 3.05) is 31.6 Å². The molecule has 0 saturated carbocycles. The van der Waals surface area contributed by atoms with E-state index in [2.05, 4.69) is 79.1 Å². The fraction of sp³-hybridized carbons (Fsp3) is 0.408. The third kappa shape index (κ3) is 26.4. The number of aliphatic carboxylic acids is 3. The van der Waals surface area contributed by atoms with Crippen LogP contribution >= 0.6 is 21.6 Å². The van der Waals surface area contributed by atoms with Crippen LogP contribution in [0.2, 0.25) is 0 Å². The highest BCUT2D eigenvalue weighted by Gasteiger charge is 2.41. The maximum absolute atomic E-state index is 15.3. The van der Waals surface area contributed by atoms with Gasteiger partial charge in [0.2, 0.25) is 82.7 Å². The van der Waals surface area contributed by atoms with Crippen molar-refractivity contribution in [2.24, 2.45) is 0 Å². The number of aromatic amines is 2. The number of nitrogens with zero attached hydrogens (tertiary/aromatic N) is 1. The van der Waals surface area contributed by atoms with Crippen LogP contribution in [0.4, 0.5) is 0 Å². The molecule has 14 amide bonds. The molecule has 1 unspecified atom stereocenters. The van der Waals surface area contributed by atoms with Gasteiger partial charge in [0.1, 0.15) is 84.0 Å². The Morgan fingerprint density at radius 3 is 1.53 bits per heavy atom. The molecule has 4 heterocycles. The molecule has 0 radical (unpaired) electrons. The molecule has 0 spiro atoms. The average molecular weight is 1660 g/mol. The number of para-hydroxylation sites is 2. The molecule has 21 N–H and O–H groups in total. The van der Waals surface area contributed by atoms with Crippen LogP contribution in [0.5, 0.6) is 11.5 Å². The number of H-pyrrole nitrogens is 2. The summed E-state index contributed by atoms with van der Waals surface area (Å²) in [6.45, 7) is 3.15. The lowest BCUT2D eigenvalue weighted by Crippen LogP contribution is -2.62. The fourth-order valence-corrected chi connectivity index (χ4v) is 15.2. The van der Waals surface area contributed by atoms with Gasteiger partial charge in [-0.15, -0.1) is 0 Å². The molecule has 2 aliphatic heterocycles. The number of phenols is 2. The second-order valence-corrected chi connectivity index (χ2v) is 30.4. The number of benzene rings is 4. The molecule has 4 aromatic carbocycles. The quantitative estimate of drug-likeness (QED) is 0.0231. The van der Waals surface area contributed by atoms with Gasteiger partial charge in [-0.3, -0.25) is 81.5 Å². The molecule has 6 aromatic rings. The SMILES string of the molecule is CNC(=O)[C@@H]1CSSC[C@H](NC(=O)[C@H](Cc2c[nH]c3ccccc23)NC(=O)[C@@H](NC(=O)[C@@H]2CCCN2C(=O)CNC(=O)[C@H](C)NC(C)=O)C(C)O)C(=O)N[C@@H](CCC(=O)O)C(=O)N[C@@H](CC(=O)O)C(=O)N[C@@H](CC(=O)O)C(=O)N[C@@H](Cc2c[nH]c3ccccc23)C(=O)N[C@@H](Cc2ccc(O)cc2)C(=O)N[C@@H](Cc2ccc(O)cc2)C(=O)N1. The van der Waals surface area contributed by atoms with Gasteiger partial charge in [0.25, 0.3) is 0 Å². The number of nitrogens with one attached hydrogen (secondary N) is 15. The Balaban J connectivity index is 1.17. The Morgan fingerprint density at radius 1 is 0.530 bits per heavy atom. The smallest absolute Gasteiger partial charge is 0.305 e. The maximum atomic E-state index is 15.3. The lowest BCUT2D eigenvalue weighted by atomic mass is 10.00. The van der Waals surface area contributed by atoms with Gasteiger partial charge in [-0.25, -0.2) is 0 Å². The van der Waals surface area contributed by atoms with E-state index < -0.39 is 242 Å². The van der Waals surface area contributed by atoms with Gasteiger partial charge >= 0.3 is 17.9 Å². The molecule has 8 rings (SSSR count). The zero-order chi connectivity index (χ0) is 85.3. The highest BCUT2D eigenvalue weighted by Crippen LogP contribution is 2.27. The van der Waals surface area contributed by atoms with Crippen LogP contribution in [0.1, 0.15) is 81.5 Å². The normalized spacial score (nSPS) is 21.3. The Bertz CT molecular complexity index is 4680. The molecule has 2 saturated heterocycles. The zero-order valence-corrected chi connectivity index (χ0v) is 65.3. The largest absolute Gasteiger partial charge is 0.508 e. The molecular formula is C76H92N16O23S2. The van der Waals surface area contributed by atoms with Crippen LogP contribution < -0.4 is 69.1 Å². The number of carbonyl (C=O) groups excluding carboxylic acids is 14. The van der Waals surface area contributed by atoms with Gasteiger partial charge in [-0.1, -0.05) is 82.3 Å². The third-order valence-corrected chi connectivity index (χ3v) is 21.4. The van der Waals surface area contributed by atoms with Crippen LogP contribution in [0.3, 0.4) is 0 Å². The summed E-state index contributed by atoms with van der Waals surface area (Å²) >= 11 is 0. The first kappa shape index (κ1) is 89.8. The topological polar surface area (TPSA) is 603 Å². The number of hydrogen-bond acceptors (Lipinski definition) is 22. The summed E-state index contributed by atoms with van der Waals surface area (Å²) < 4.78 is 0. The highest BCUT2D eigenvalue weighted by atomic mass is 33.1. The van der Waals surface area contributed by atoms with Crippen LogP contribution in [0.15, 0.2) is 109 Å².